The number of nitro groups is 1. The molecule has 0 saturated carbocycles. The Bertz CT molecular complexity index is 1830. The van der Waals surface area contributed by atoms with Crippen molar-refractivity contribution in [3.63, 3.8) is 0 Å². The third kappa shape index (κ3) is 6.02. The van der Waals surface area contributed by atoms with E-state index in [0.29, 0.717) is 43.4 Å². The lowest BCUT2D eigenvalue weighted by atomic mass is 9.95. The Morgan fingerprint density at radius 2 is 1.76 bits per heavy atom. The Hall–Kier alpha value is -4.69. The number of nitrogens with zero attached hydrogens (tertiary/aromatic N) is 5. The fourth-order valence-electron chi connectivity index (χ4n) is 5.61. The van der Waals surface area contributed by atoms with Crippen LogP contribution in [0, 0.1) is 10.1 Å². The average Bonchev–Trinajstić information content (AvgIpc) is 3.33. The fraction of sp³-hybridized carbons (Fsp3) is 0.387. The lowest BCUT2D eigenvalue weighted by Gasteiger charge is -2.34. The predicted molar refractivity (Wildman–Crippen MR) is 169 cm³/mol. The molecule has 45 heavy (non-hydrogen) atoms. The highest BCUT2D eigenvalue weighted by atomic mass is 32.1. The third-order valence-electron chi connectivity index (χ3n) is 7.87. The molecule has 0 bridgehead atoms. The van der Waals surface area contributed by atoms with Crippen molar-refractivity contribution in [2.75, 3.05) is 66.1 Å². The highest BCUT2D eigenvalue weighted by molar-refractivity contribution is 7.07. The van der Waals surface area contributed by atoms with Gasteiger partial charge in [0, 0.05) is 49.6 Å². The highest BCUT2D eigenvalue weighted by Crippen LogP contribution is 2.42. The number of anilines is 1. The minimum Gasteiger partial charge on any atom is -0.493 e. The molecule has 2 aliphatic heterocycles. The van der Waals surface area contributed by atoms with Gasteiger partial charge in [-0.2, -0.15) is 0 Å². The zero-order valence-corrected chi connectivity index (χ0v) is 26.8. The van der Waals surface area contributed by atoms with Crippen LogP contribution < -0.4 is 34.0 Å². The zero-order valence-electron chi connectivity index (χ0n) is 26.0. The molecule has 2 aromatic carbocycles. The van der Waals surface area contributed by atoms with Gasteiger partial charge in [-0.25, -0.2) is 9.79 Å². The van der Waals surface area contributed by atoms with Crippen molar-refractivity contribution in [1.29, 1.82) is 0 Å². The van der Waals surface area contributed by atoms with E-state index in [-0.39, 0.29) is 17.9 Å². The summed E-state index contributed by atoms with van der Waals surface area (Å²) in [4.78, 5) is 48.3. The number of aromatic nitrogens is 1. The van der Waals surface area contributed by atoms with Gasteiger partial charge in [0.15, 0.2) is 16.3 Å². The minimum atomic E-state index is -0.932. The summed E-state index contributed by atoms with van der Waals surface area (Å²) in [6.07, 6.45) is 1.67. The Balaban J connectivity index is 1.75. The van der Waals surface area contributed by atoms with E-state index in [1.165, 1.54) is 38.0 Å². The molecule has 0 aliphatic carbocycles. The van der Waals surface area contributed by atoms with Crippen LogP contribution in [0.1, 0.15) is 31.0 Å². The number of carbonyl (C=O) groups excluding carboxylic acids is 1. The first-order chi connectivity index (χ1) is 21.6. The third-order valence-corrected chi connectivity index (χ3v) is 8.86. The Morgan fingerprint density at radius 3 is 2.33 bits per heavy atom. The molecule has 0 N–H and O–H groups in total. The molecule has 2 aliphatic rings. The van der Waals surface area contributed by atoms with Crippen LogP contribution in [0.15, 0.2) is 51.4 Å². The van der Waals surface area contributed by atoms with E-state index in [1.54, 1.807) is 38.1 Å². The number of non-ortho nitro benzene ring substituents is 1. The lowest BCUT2D eigenvalue weighted by Crippen LogP contribution is -2.44. The van der Waals surface area contributed by atoms with Crippen LogP contribution in [0.2, 0.25) is 0 Å². The molecule has 13 nitrogen and oxygen atoms in total. The van der Waals surface area contributed by atoms with E-state index in [9.17, 15) is 19.7 Å². The molecular formula is C31H35N5O8S. The molecule has 1 fully saturated rings. The van der Waals surface area contributed by atoms with Gasteiger partial charge in [-0.15, -0.1) is 0 Å². The van der Waals surface area contributed by atoms with Gasteiger partial charge >= 0.3 is 5.97 Å². The number of fused-ring (bicyclic) bond motifs is 1. The summed E-state index contributed by atoms with van der Waals surface area (Å²) in [5.41, 5.74) is 1.95. The fourth-order valence-corrected chi connectivity index (χ4v) is 6.65. The summed E-state index contributed by atoms with van der Waals surface area (Å²) < 4.78 is 23.8. The van der Waals surface area contributed by atoms with Gasteiger partial charge in [-0.1, -0.05) is 11.3 Å². The number of hydrogen-bond donors (Lipinski definition) is 0. The average molecular weight is 638 g/mol. The number of allylic oxidation sites excluding steroid dienone is 1. The molecule has 1 saturated heterocycles. The van der Waals surface area contributed by atoms with Crippen molar-refractivity contribution in [2.45, 2.75) is 19.9 Å². The van der Waals surface area contributed by atoms with Crippen LogP contribution in [-0.2, 0) is 9.53 Å². The maximum absolute atomic E-state index is 14.3. The quantitative estimate of drug-likeness (QED) is 0.195. The molecule has 1 atom stereocenters. The van der Waals surface area contributed by atoms with E-state index in [2.05, 4.69) is 14.8 Å². The molecule has 3 aromatic rings. The number of piperazine rings is 1. The van der Waals surface area contributed by atoms with Crippen molar-refractivity contribution in [3.8, 4) is 17.2 Å². The Morgan fingerprint density at radius 1 is 1.09 bits per heavy atom. The van der Waals surface area contributed by atoms with Crippen LogP contribution >= 0.6 is 11.3 Å². The van der Waals surface area contributed by atoms with Gasteiger partial charge < -0.3 is 28.7 Å². The van der Waals surface area contributed by atoms with E-state index < -0.39 is 22.5 Å². The van der Waals surface area contributed by atoms with Gasteiger partial charge in [0.2, 0.25) is 5.75 Å². The molecule has 1 aromatic heterocycles. The van der Waals surface area contributed by atoms with Crippen molar-refractivity contribution >= 4 is 34.8 Å². The largest absolute Gasteiger partial charge is 0.493 e. The number of rotatable bonds is 9. The molecule has 0 spiro atoms. The summed E-state index contributed by atoms with van der Waals surface area (Å²) in [7, 11) is 6.50. The van der Waals surface area contributed by atoms with Crippen LogP contribution in [0.25, 0.3) is 6.08 Å². The number of benzene rings is 2. The molecule has 238 valence electrons. The van der Waals surface area contributed by atoms with Crippen LogP contribution in [0.4, 0.5) is 11.4 Å². The summed E-state index contributed by atoms with van der Waals surface area (Å²) in [6, 6.07) is 7.14. The first-order valence-electron chi connectivity index (χ1n) is 14.3. The molecule has 0 radical (unpaired) electrons. The SMILES string of the molecule is CCOC(=O)C1=C(C)N=c2s/c(=C\c3cc([N+](=O)[O-])ccc3N3CCN(C)CC3)c(=O)n2C1c1cc(OC)c(OC)c(OC)c1. The lowest BCUT2D eigenvalue weighted by molar-refractivity contribution is -0.384. The van der Waals surface area contributed by atoms with Gasteiger partial charge in [-0.05, 0) is 50.7 Å². The van der Waals surface area contributed by atoms with E-state index in [1.807, 2.05) is 7.05 Å². The normalized spacial score (nSPS) is 17.1. The van der Waals surface area contributed by atoms with Crippen molar-refractivity contribution < 1.29 is 28.7 Å². The van der Waals surface area contributed by atoms with Gasteiger partial charge in [0.1, 0.15) is 0 Å². The van der Waals surface area contributed by atoms with Crippen LogP contribution in [-0.4, -0.2) is 81.5 Å². The number of thiazole rings is 1. The standard InChI is InChI=1S/C31H35N5O8S/c1-7-44-30(38)26-18(2)32-31-35(27(26)20-15-23(41-4)28(43-6)24(16-20)42-5)29(37)25(45-31)17-19-14-21(36(39)40)8-9-22(19)34-12-10-33(3)11-13-34/h8-9,14-17,27H,7,10-13H2,1-6H3/b25-17-. The van der Waals surface area contributed by atoms with Crippen molar-refractivity contribution in [2.24, 2.45) is 4.99 Å². The minimum absolute atomic E-state index is 0.0809. The number of likely N-dealkylation sites (N-methyl/N-ethyl adjacent to an activating group) is 1. The van der Waals surface area contributed by atoms with Crippen LogP contribution in [0.5, 0.6) is 17.2 Å². The van der Waals surface area contributed by atoms with Crippen molar-refractivity contribution in [3.05, 3.63) is 82.5 Å². The van der Waals surface area contributed by atoms with Gasteiger partial charge in [-0.3, -0.25) is 19.5 Å². The number of carbonyl (C=O) groups is 1. The topological polar surface area (TPSA) is 138 Å². The molecule has 3 heterocycles. The summed E-state index contributed by atoms with van der Waals surface area (Å²) in [5.74, 6) is 0.444. The number of methoxy groups -OCH3 is 3. The zero-order chi connectivity index (χ0) is 32.4. The second-order valence-electron chi connectivity index (χ2n) is 10.6. The smallest absolute Gasteiger partial charge is 0.338 e. The van der Waals surface area contributed by atoms with Crippen molar-refractivity contribution in [1.82, 2.24) is 9.47 Å². The maximum Gasteiger partial charge on any atom is 0.338 e. The Labute approximate surface area is 263 Å². The number of nitro benzene ring substituents is 1. The molecule has 14 heteroatoms. The van der Waals surface area contributed by atoms with Gasteiger partial charge in [0.25, 0.3) is 11.2 Å². The van der Waals surface area contributed by atoms with Gasteiger partial charge in [0.05, 0.1) is 54.7 Å². The molecular weight excluding hydrogens is 602 g/mol. The number of ether oxygens (including phenoxy) is 4. The number of esters is 1. The predicted octanol–water partition coefficient (Wildman–Crippen LogP) is 2.48. The Kier molecular flexibility index (Phi) is 9.25. The summed E-state index contributed by atoms with van der Waals surface area (Å²) in [6.45, 7) is 6.67. The molecule has 5 rings (SSSR count). The van der Waals surface area contributed by atoms with Crippen LogP contribution in [0.3, 0.4) is 0 Å². The molecule has 0 amide bonds. The van der Waals surface area contributed by atoms with E-state index in [4.69, 9.17) is 18.9 Å². The second kappa shape index (κ2) is 13.1. The highest BCUT2D eigenvalue weighted by Gasteiger charge is 2.35. The van der Waals surface area contributed by atoms with E-state index in [0.717, 1.165) is 43.2 Å². The first kappa shape index (κ1) is 31.7. The molecule has 1 unspecified atom stereocenters. The summed E-state index contributed by atoms with van der Waals surface area (Å²) >= 11 is 1.14. The summed E-state index contributed by atoms with van der Waals surface area (Å²) in [5, 5.41) is 11.7. The van der Waals surface area contributed by atoms with E-state index >= 15 is 0 Å². The monoisotopic (exact) mass is 637 g/mol. The maximum atomic E-state index is 14.3. The second-order valence-corrected chi connectivity index (χ2v) is 11.6. The number of hydrogen-bond acceptors (Lipinski definition) is 12. The first-order valence-corrected chi connectivity index (χ1v) is 15.1.